The summed E-state index contributed by atoms with van der Waals surface area (Å²) in [5, 5.41) is 0. The van der Waals surface area contributed by atoms with Crippen molar-refractivity contribution in [3.63, 3.8) is 0 Å². The molecule has 0 unspecified atom stereocenters. The molecular weight excluding hydrogens is 170 g/mol. The van der Waals surface area contributed by atoms with Gasteiger partial charge in [0.15, 0.2) is 0 Å². The third-order valence-electron chi connectivity index (χ3n) is 1.45. The van der Waals surface area contributed by atoms with E-state index in [1.807, 2.05) is 0 Å². The van der Waals surface area contributed by atoms with E-state index in [2.05, 4.69) is 9.97 Å². The minimum atomic E-state index is -0.190. The largest absolute Gasteiger partial charge is 0.344 e. The molecule has 2 rings (SSSR count). The Hall–Kier alpha value is -1.95. The Labute approximate surface area is 74.4 Å². The normalized spacial score (nSPS) is 9.23. The zero-order valence-corrected chi connectivity index (χ0v) is 6.87. The SMILES string of the molecule is N.O=C(n1ccnc1)n1ccnc1. The average Bonchev–Trinajstić information content (AvgIpc) is 2.77. The second kappa shape index (κ2) is 3.63. The Balaban J connectivity index is 0.000000845. The van der Waals surface area contributed by atoms with Gasteiger partial charge in [0, 0.05) is 24.8 Å². The van der Waals surface area contributed by atoms with Crippen molar-refractivity contribution >= 4 is 6.03 Å². The number of carbonyl (C=O) groups is 1. The third-order valence-corrected chi connectivity index (χ3v) is 1.45. The van der Waals surface area contributed by atoms with Crippen molar-refractivity contribution in [1.29, 1.82) is 0 Å². The lowest BCUT2D eigenvalue weighted by atomic mass is 10.8. The van der Waals surface area contributed by atoms with Crippen LogP contribution in [0, 0.1) is 0 Å². The van der Waals surface area contributed by atoms with Gasteiger partial charge >= 0.3 is 6.03 Å². The molecule has 0 saturated carbocycles. The average molecular weight is 179 g/mol. The van der Waals surface area contributed by atoms with Crippen LogP contribution in [-0.4, -0.2) is 25.1 Å². The minimum absolute atomic E-state index is 0. The number of aromatic nitrogens is 4. The third kappa shape index (κ3) is 1.62. The van der Waals surface area contributed by atoms with E-state index in [0.29, 0.717) is 0 Å². The van der Waals surface area contributed by atoms with Crippen molar-refractivity contribution < 1.29 is 4.79 Å². The van der Waals surface area contributed by atoms with E-state index in [4.69, 9.17) is 0 Å². The molecule has 2 aromatic rings. The summed E-state index contributed by atoms with van der Waals surface area (Å²) in [4.78, 5) is 18.9. The van der Waals surface area contributed by atoms with Gasteiger partial charge in [-0.1, -0.05) is 0 Å². The van der Waals surface area contributed by atoms with Crippen molar-refractivity contribution in [3.8, 4) is 0 Å². The zero-order chi connectivity index (χ0) is 8.39. The second-order valence-corrected chi connectivity index (χ2v) is 2.22. The number of hydrogen-bond acceptors (Lipinski definition) is 4. The summed E-state index contributed by atoms with van der Waals surface area (Å²) in [5.41, 5.74) is 0. The Morgan fingerprint density at radius 2 is 1.46 bits per heavy atom. The molecule has 6 heteroatoms. The van der Waals surface area contributed by atoms with Crippen LogP contribution in [0.25, 0.3) is 0 Å². The van der Waals surface area contributed by atoms with Gasteiger partial charge < -0.3 is 6.15 Å². The Bertz CT molecular complexity index is 327. The second-order valence-electron chi connectivity index (χ2n) is 2.22. The lowest BCUT2D eigenvalue weighted by Gasteiger charge is -1.98. The van der Waals surface area contributed by atoms with Gasteiger partial charge in [0.1, 0.15) is 12.7 Å². The van der Waals surface area contributed by atoms with Crippen LogP contribution in [0.5, 0.6) is 0 Å². The fourth-order valence-electron chi connectivity index (χ4n) is 0.878. The first-order chi connectivity index (χ1) is 5.88. The van der Waals surface area contributed by atoms with E-state index in [1.54, 1.807) is 24.8 Å². The number of carbonyl (C=O) groups excluding carboxylic acids is 1. The fraction of sp³-hybridized carbons (Fsp3) is 0. The molecule has 0 aromatic carbocycles. The number of imidazole rings is 2. The van der Waals surface area contributed by atoms with Crippen molar-refractivity contribution in [2.45, 2.75) is 0 Å². The van der Waals surface area contributed by atoms with E-state index < -0.39 is 0 Å². The highest BCUT2D eigenvalue weighted by molar-refractivity contribution is 5.78. The maximum absolute atomic E-state index is 11.4. The van der Waals surface area contributed by atoms with Gasteiger partial charge in [-0.05, 0) is 0 Å². The molecule has 0 aliphatic heterocycles. The lowest BCUT2D eigenvalue weighted by Crippen LogP contribution is -2.15. The van der Waals surface area contributed by atoms with Gasteiger partial charge in [-0.15, -0.1) is 0 Å². The van der Waals surface area contributed by atoms with E-state index in [1.165, 1.54) is 21.8 Å². The predicted octanol–water partition coefficient (Wildman–Crippen LogP) is 0.758. The summed E-state index contributed by atoms with van der Waals surface area (Å²) in [6.07, 6.45) is 9.17. The van der Waals surface area contributed by atoms with Crippen LogP contribution in [0.15, 0.2) is 37.4 Å². The first kappa shape index (κ1) is 9.14. The quantitative estimate of drug-likeness (QED) is 0.646. The van der Waals surface area contributed by atoms with Gasteiger partial charge in [-0.25, -0.2) is 14.8 Å². The van der Waals surface area contributed by atoms with Crippen molar-refractivity contribution in [2.24, 2.45) is 0 Å². The van der Waals surface area contributed by atoms with Gasteiger partial charge in [0.2, 0.25) is 0 Å². The summed E-state index contributed by atoms with van der Waals surface area (Å²) in [6.45, 7) is 0. The number of rotatable bonds is 0. The summed E-state index contributed by atoms with van der Waals surface area (Å²) in [6, 6.07) is -0.190. The summed E-state index contributed by atoms with van der Waals surface area (Å²) >= 11 is 0. The van der Waals surface area contributed by atoms with Crippen LogP contribution in [0.3, 0.4) is 0 Å². The number of hydrogen-bond donors (Lipinski definition) is 1. The van der Waals surface area contributed by atoms with Crippen LogP contribution in [0.2, 0.25) is 0 Å². The van der Waals surface area contributed by atoms with Gasteiger partial charge in [-0.3, -0.25) is 9.13 Å². The Morgan fingerprint density at radius 3 is 1.77 bits per heavy atom. The van der Waals surface area contributed by atoms with Crippen LogP contribution in [0.1, 0.15) is 0 Å². The molecule has 13 heavy (non-hydrogen) atoms. The van der Waals surface area contributed by atoms with Crippen molar-refractivity contribution in [1.82, 2.24) is 25.3 Å². The summed E-state index contributed by atoms with van der Waals surface area (Å²) in [7, 11) is 0. The minimum Gasteiger partial charge on any atom is -0.344 e. The zero-order valence-electron chi connectivity index (χ0n) is 6.87. The van der Waals surface area contributed by atoms with Crippen LogP contribution in [-0.2, 0) is 0 Å². The molecule has 68 valence electrons. The smallest absolute Gasteiger partial charge is 0.338 e. The topological polar surface area (TPSA) is 87.7 Å². The molecule has 0 radical (unpaired) electrons. The fourth-order valence-corrected chi connectivity index (χ4v) is 0.878. The van der Waals surface area contributed by atoms with Crippen LogP contribution in [0.4, 0.5) is 4.79 Å². The molecular formula is C7H9N5O. The van der Waals surface area contributed by atoms with Crippen LogP contribution >= 0.6 is 0 Å². The molecule has 0 fully saturated rings. The molecule has 3 N–H and O–H groups in total. The lowest BCUT2D eigenvalue weighted by molar-refractivity contribution is 0.244. The summed E-state index contributed by atoms with van der Waals surface area (Å²) < 4.78 is 2.75. The van der Waals surface area contributed by atoms with E-state index in [0.717, 1.165) is 0 Å². The number of nitrogens with zero attached hydrogens (tertiary/aromatic N) is 4. The van der Waals surface area contributed by atoms with Gasteiger partial charge in [-0.2, -0.15) is 0 Å². The molecule has 0 saturated heterocycles. The standard InChI is InChI=1S/C7H6N4O.H3N/c12-7(10-3-1-8-5-10)11-4-2-9-6-11;/h1-6H;1H3. The van der Waals surface area contributed by atoms with Gasteiger partial charge in [0.25, 0.3) is 0 Å². The highest BCUT2D eigenvalue weighted by atomic mass is 16.2. The van der Waals surface area contributed by atoms with Crippen molar-refractivity contribution in [2.75, 3.05) is 0 Å². The predicted molar refractivity (Wildman–Crippen MR) is 45.7 cm³/mol. The maximum atomic E-state index is 11.4. The first-order valence-corrected chi connectivity index (χ1v) is 3.38. The van der Waals surface area contributed by atoms with E-state index in [9.17, 15) is 4.79 Å². The molecule has 0 atom stereocenters. The van der Waals surface area contributed by atoms with Gasteiger partial charge in [0.05, 0.1) is 0 Å². The Morgan fingerprint density at radius 1 is 1.00 bits per heavy atom. The molecule has 2 heterocycles. The molecule has 0 bridgehead atoms. The molecule has 0 amide bonds. The van der Waals surface area contributed by atoms with E-state index in [-0.39, 0.29) is 12.2 Å². The molecule has 6 nitrogen and oxygen atoms in total. The highest BCUT2D eigenvalue weighted by Gasteiger charge is 2.03. The molecule has 0 aliphatic carbocycles. The molecule has 0 aliphatic rings. The Kier molecular flexibility index (Phi) is 2.56. The van der Waals surface area contributed by atoms with Crippen LogP contribution < -0.4 is 6.15 Å². The van der Waals surface area contributed by atoms with Crippen molar-refractivity contribution in [3.05, 3.63) is 37.4 Å². The highest BCUT2D eigenvalue weighted by Crippen LogP contribution is 1.91. The molecule has 2 aromatic heterocycles. The molecule has 0 spiro atoms. The van der Waals surface area contributed by atoms with E-state index >= 15 is 0 Å². The summed E-state index contributed by atoms with van der Waals surface area (Å²) in [5.74, 6) is 0. The maximum Gasteiger partial charge on any atom is 0.338 e. The first-order valence-electron chi connectivity index (χ1n) is 3.38. The monoisotopic (exact) mass is 179 g/mol.